The van der Waals surface area contributed by atoms with Crippen LogP contribution < -0.4 is 5.32 Å². The third-order valence-corrected chi connectivity index (χ3v) is 3.22. The molecule has 18 heavy (non-hydrogen) atoms. The molecule has 2 amide bonds. The Morgan fingerprint density at radius 3 is 3.00 bits per heavy atom. The zero-order chi connectivity index (χ0) is 12.7. The molecule has 1 fully saturated rings. The van der Waals surface area contributed by atoms with E-state index in [4.69, 9.17) is 4.52 Å². The number of carbonyl (C=O) groups is 2. The molecule has 0 saturated carbocycles. The average Bonchev–Trinajstić information content (AvgIpc) is 2.72. The molecule has 0 radical (unpaired) electrons. The standard InChI is InChI=1S/C13H12N2O3/c1-7-2-3-8-10(6-7)18-15-12(8)9-4-5-11(16)14-13(9)17/h2-3,6,9H,4-5H2,1H3,(H,14,16,17). The molecule has 0 aliphatic carbocycles. The third-order valence-electron chi connectivity index (χ3n) is 3.22. The van der Waals surface area contributed by atoms with Crippen LogP contribution >= 0.6 is 0 Å². The molecule has 1 N–H and O–H groups in total. The maximum Gasteiger partial charge on any atom is 0.235 e. The second-order valence-electron chi connectivity index (χ2n) is 4.57. The number of piperidine rings is 1. The summed E-state index contributed by atoms with van der Waals surface area (Å²) in [6, 6.07) is 5.74. The normalized spacial score (nSPS) is 20.2. The summed E-state index contributed by atoms with van der Waals surface area (Å²) >= 11 is 0. The van der Waals surface area contributed by atoms with E-state index in [2.05, 4.69) is 10.5 Å². The largest absolute Gasteiger partial charge is 0.356 e. The Morgan fingerprint density at radius 2 is 2.22 bits per heavy atom. The van der Waals surface area contributed by atoms with Gasteiger partial charge in [-0.15, -0.1) is 0 Å². The number of aryl methyl sites for hydroxylation is 1. The lowest BCUT2D eigenvalue weighted by atomic mass is 9.92. The van der Waals surface area contributed by atoms with E-state index in [9.17, 15) is 9.59 Å². The maximum absolute atomic E-state index is 11.8. The molecule has 92 valence electrons. The van der Waals surface area contributed by atoms with E-state index in [1.54, 1.807) is 0 Å². The minimum Gasteiger partial charge on any atom is -0.356 e. The molecule has 0 spiro atoms. The van der Waals surface area contributed by atoms with Gasteiger partial charge in [0, 0.05) is 11.8 Å². The monoisotopic (exact) mass is 244 g/mol. The number of aromatic nitrogens is 1. The fraction of sp³-hybridized carbons (Fsp3) is 0.308. The van der Waals surface area contributed by atoms with Crippen LogP contribution in [0.5, 0.6) is 0 Å². The number of hydrogen-bond acceptors (Lipinski definition) is 4. The van der Waals surface area contributed by atoms with Crippen molar-refractivity contribution in [1.82, 2.24) is 10.5 Å². The highest BCUT2D eigenvalue weighted by atomic mass is 16.5. The summed E-state index contributed by atoms with van der Waals surface area (Å²) in [7, 11) is 0. The number of nitrogens with one attached hydrogen (secondary N) is 1. The van der Waals surface area contributed by atoms with Crippen molar-refractivity contribution in [3.63, 3.8) is 0 Å². The van der Waals surface area contributed by atoms with E-state index in [1.807, 2.05) is 25.1 Å². The van der Waals surface area contributed by atoms with Crippen molar-refractivity contribution in [3.05, 3.63) is 29.5 Å². The zero-order valence-electron chi connectivity index (χ0n) is 9.90. The fourth-order valence-electron chi connectivity index (χ4n) is 2.27. The van der Waals surface area contributed by atoms with Crippen LogP contribution in [0.15, 0.2) is 22.7 Å². The van der Waals surface area contributed by atoms with E-state index in [0.717, 1.165) is 10.9 Å². The predicted molar refractivity (Wildman–Crippen MR) is 63.9 cm³/mol. The molecule has 1 atom stereocenters. The smallest absolute Gasteiger partial charge is 0.235 e. The van der Waals surface area contributed by atoms with E-state index in [0.29, 0.717) is 24.1 Å². The Kier molecular flexibility index (Phi) is 2.40. The summed E-state index contributed by atoms with van der Waals surface area (Å²) < 4.78 is 5.24. The van der Waals surface area contributed by atoms with Crippen LogP contribution in [0.2, 0.25) is 0 Å². The molecule has 0 bridgehead atoms. The Hall–Kier alpha value is -2.17. The molecule has 5 heteroatoms. The van der Waals surface area contributed by atoms with Gasteiger partial charge in [0.1, 0.15) is 5.69 Å². The summed E-state index contributed by atoms with van der Waals surface area (Å²) in [6.07, 6.45) is 0.830. The molecule has 1 aliphatic heterocycles. The van der Waals surface area contributed by atoms with E-state index in [-0.39, 0.29) is 11.8 Å². The molecule has 1 unspecified atom stereocenters. The van der Waals surface area contributed by atoms with Crippen molar-refractivity contribution in [2.45, 2.75) is 25.7 Å². The van der Waals surface area contributed by atoms with Crippen LogP contribution in [0.4, 0.5) is 0 Å². The number of imide groups is 1. The lowest BCUT2D eigenvalue weighted by Gasteiger charge is -2.18. The lowest BCUT2D eigenvalue weighted by molar-refractivity contribution is -0.134. The molecule has 3 rings (SSSR count). The minimum absolute atomic E-state index is 0.222. The van der Waals surface area contributed by atoms with Gasteiger partial charge in [-0.3, -0.25) is 14.9 Å². The van der Waals surface area contributed by atoms with Gasteiger partial charge in [0.05, 0.1) is 5.92 Å². The Balaban J connectivity index is 2.04. The summed E-state index contributed by atoms with van der Waals surface area (Å²) in [5, 5.41) is 7.17. The number of hydrogen-bond donors (Lipinski definition) is 1. The molecular formula is C13H12N2O3. The lowest BCUT2D eigenvalue weighted by Crippen LogP contribution is -2.39. The number of amides is 2. The summed E-state index contributed by atoms with van der Waals surface area (Å²) in [4.78, 5) is 22.9. The summed E-state index contributed by atoms with van der Waals surface area (Å²) in [5.41, 5.74) is 2.37. The Bertz CT molecular complexity index is 645. The summed E-state index contributed by atoms with van der Waals surface area (Å²) in [6.45, 7) is 1.97. The first-order valence-electron chi connectivity index (χ1n) is 5.85. The van der Waals surface area contributed by atoms with Crippen molar-refractivity contribution >= 4 is 22.8 Å². The van der Waals surface area contributed by atoms with Crippen LogP contribution in [0, 0.1) is 6.92 Å². The molecule has 2 aromatic rings. The first-order valence-corrected chi connectivity index (χ1v) is 5.85. The van der Waals surface area contributed by atoms with E-state index >= 15 is 0 Å². The first-order chi connectivity index (χ1) is 8.65. The second-order valence-corrected chi connectivity index (χ2v) is 4.57. The highest BCUT2D eigenvalue weighted by Crippen LogP contribution is 2.30. The molecule has 2 heterocycles. The molecule has 5 nitrogen and oxygen atoms in total. The van der Waals surface area contributed by atoms with Crippen molar-refractivity contribution in [2.24, 2.45) is 0 Å². The van der Waals surface area contributed by atoms with Crippen LogP contribution in [0.1, 0.15) is 30.0 Å². The highest BCUT2D eigenvalue weighted by molar-refractivity contribution is 6.02. The van der Waals surface area contributed by atoms with Gasteiger partial charge in [-0.1, -0.05) is 11.2 Å². The second kappa shape index (κ2) is 3.94. The average molecular weight is 244 g/mol. The number of carbonyl (C=O) groups excluding carboxylic acids is 2. The van der Waals surface area contributed by atoms with Crippen molar-refractivity contribution in [1.29, 1.82) is 0 Å². The SMILES string of the molecule is Cc1ccc2c(C3CCC(=O)NC3=O)noc2c1. The number of rotatable bonds is 1. The fourth-order valence-corrected chi connectivity index (χ4v) is 2.27. The maximum atomic E-state index is 11.8. The van der Waals surface area contributed by atoms with Crippen LogP contribution in [-0.4, -0.2) is 17.0 Å². The van der Waals surface area contributed by atoms with Gasteiger partial charge in [-0.05, 0) is 31.0 Å². The van der Waals surface area contributed by atoms with Crippen LogP contribution in [-0.2, 0) is 9.59 Å². The molecule has 1 aliphatic rings. The quantitative estimate of drug-likeness (QED) is 0.774. The van der Waals surface area contributed by atoms with Gasteiger partial charge < -0.3 is 4.52 Å². The van der Waals surface area contributed by atoms with Gasteiger partial charge >= 0.3 is 0 Å². The van der Waals surface area contributed by atoms with Crippen molar-refractivity contribution < 1.29 is 14.1 Å². The minimum atomic E-state index is -0.397. The van der Waals surface area contributed by atoms with Crippen molar-refractivity contribution in [2.75, 3.05) is 0 Å². The predicted octanol–water partition coefficient (Wildman–Crippen LogP) is 1.66. The first kappa shape index (κ1) is 11.0. The van der Waals surface area contributed by atoms with E-state index in [1.165, 1.54) is 0 Å². The Morgan fingerprint density at radius 1 is 1.39 bits per heavy atom. The molecule has 1 aromatic carbocycles. The topological polar surface area (TPSA) is 72.2 Å². The van der Waals surface area contributed by atoms with Gasteiger partial charge in [0.25, 0.3) is 0 Å². The van der Waals surface area contributed by atoms with Crippen LogP contribution in [0.3, 0.4) is 0 Å². The number of fused-ring (bicyclic) bond motifs is 1. The third kappa shape index (κ3) is 1.68. The molecule has 1 aromatic heterocycles. The number of benzene rings is 1. The van der Waals surface area contributed by atoms with Gasteiger partial charge in [0.2, 0.25) is 11.8 Å². The van der Waals surface area contributed by atoms with Gasteiger partial charge in [-0.2, -0.15) is 0 Å². The van der Waals surface area contributed by atoms with Crippen molar-refractivity contribution in [3.8, 4) is 0 Å². The van der Waals surface area contributed by atoms with E-state index < -0.39 is 5.92 Å². The Labute approximate surface area is 103 Å². The van der Waals surface area contributed by atoms with Gasteiger partial charge in [0.15, 0.2) is 5.58 Å². The molecular weight excluding hydrogens is 232 g/mol. The molecule has 1 saturated heterocycles. The summed E-state index contributed by atoms with van der Waals surface area (Å²) in [5.74, 6) is -0.909. The highest BCUT2D eigenvalue weighted by Gasteiger charge is 2.31. The van der Waals surface area contributed by atoms with Crippen LogP contribution in [0.25, 0.3) is 11.0 Å². The van der Waals surface area contributed by atoms with Gasteiger partial charge in [-0.25, -0.2) is 0 Å². The zero-order valence-corrected chi connectivity index (χ0v) is 9.90. The number of nitrogens with zero attached hydrogens (tertiary/aromatic N) is 1.